The van der Waals surface area contributed by atoms with Gasteiger partial charge in [-0.05, 0) is 29.2 Å². The molecular weight excluding hydrogens is 463 g/mol. The highest BCUT2D eigenvalue weighted by molar-refractivity contribution is 14.0. The number of rotatable bonds is 9. The zero-order valence-corrected chi connectivity index (χ0v) is 19.6. The van der Waals surface area contributed by atoms with Crippen LogP contribution in [0.2, 0.25) is 0 Å². The third kappa shape index (κ3) is 8.93. The van der Waals surface area contributed by atoms with Gasteiger partial charge in [0.25, 0.3) is 0 Å². The SMILES string of the molecule is CN=C(NCc1cccc(N(C)C)c1)NCC(C)COCc1ccccc1.I. The lowest BCUT2D eigenvalue weighted by molar-refractivity contribution is 0.0931. The molecule has 0 aromatic heterocycles. The molecule has 2 rings (SSSR count). The quantitative estimate of drug-likeness (QED) is 0.314. The van der Waals surface area contributed by atoms with E-state index in [1.807, 2.05) is 32.3 Å². The van der Waals surface area contributed by atoms with E-state index in [1.54, 1.807) is 7.05 Å². The molecule has 2 aromatic rings. The summed E-state index contributed by atoms with van der Waals surface area (Å²) in [5.74, 6) is 1.20. The van der Waals surface area contributed by atoms with Crippen molar-refractivity contribution >= 4 is 35.6 Å². The van der Waals surface area contributed by atoms with Crippen molar-refractivity contribution in [2.75, 3.05) is 39.2 Å². The highest BCUT2D eigenvalue weighted by Gasteiger charge is 2.05. The molecule has 0 fully saturated rings. The summed E-state index contributed by atoms with van der Waals surface area (Å²) >= 11 is 0. The van der Waals surface area contributed by atoms with Crippen molar-refractivity contribution in [1.82, 2.24) is 10.6 Å². The van der Waals surface area contributed by atoms with Gasteiger partial charge < -0.3 is 20.3 Å². The third-order valence-corrected chi connectivity index (χ3v) is 4.24. The van der Waals surface area contributed by atoms with Gasteiger partial charge in [-0.1, -0.05) is 49.4 Å². The largest absolute Gasteiger partial charge is 0.378 e. The maximum absolute atomic E-state index is 5.81. The number of nitrogens with one attached hydrogen (secondary N) is 2. The van der Waals surface area contributed by atoms with Gasteiger partial charge in [0, 0.05) is 39.9 Å². The van der Waals surface area contributed by atoms with Crippen molar-refractivity contribution in [3.63, 3.8) is 0 Å². The summed E-state index contributed by atoms with van der Waals surface area (Å²) < 4.78 is 5.81. The molecule has 0 aliphatic carbocycles. The van der Waals surface area contributed by atoms with Crippen molar-refractivity contribution in [1.29, 1.82) is 0 Å². The van der Waals surface area contributed by atoms with Gasteiger partial charge in [-0.15, -0.1) is 24.0 Å². The van der Waals surface area contributed by atoms with Crippen LogP contribution in [-0.4, -0.2) is 40.3 Å². The molecule has 154 valence electrons. The Kier molecular flexibility index (Phi) is 11.6. The van der Waals surface area contributed by atoms with Crippen molar-refractivity contribution in [2.45, 2.75) is 20.1 Å². The van der Waals surface area contributed by atoms with Gasteiger partial charge in [0.1, 0.15) is 0 Å². The number of ether oxygens (including phenoxy) is 1. The van der Waals surface area contributed by atoms with E-state index in [4.69, 9.17) is 4.74 Å². The molecule has 0 heterocycles. The molecule has 5 nitrogen and oxygen atoms in total. The molecule has 2 N–H and O–H groups in total. The van der Waals surface area contributed by atoms with Crippen molar-refractivity contribution in [3.05, 3.63) is 65.7 Å². The van der Waals surface area contributed by atoms with Crippen LogP contribution in [0.15, 0.2) is 59.6 Å². The van der Waals surface area contributed by atoms with Crippen LogP contribution in [0.25, 0.3) is 0 Å². The average Bonchev–Trinajstić information content (AvgIpc) is 2.69. The highest BCUT2D eigenvalue weighted by Crippen LogP contribution is 2.13. The van der Waals surface area contributed by atoms with E-state index in [1.165, 1.54) is 16.8 Å². The maximum Gasteiger partial charge on any atom is 0.191 e. The molecule has 0 saturated heterocycles. The van der Waals surface area contributed by atoms with E-state index in [0.29, 0.717) is 19.1 Å². The molecule has 28 heavy (non-hydrogen) atoms. The summed E-state index contributed by atoms with van der Waals surface area (Å²) in [5, 5.41) is 6.74. The zero-order chi connectivity index (χ0) is 19.5. The molecule has 6 heteroatoms. The lowest BCUT2D eigenvalue weighted by Gasteiger charge is -2.17. The van der Waals surface area contributed by atoms with Gasteiger partial charge >= 0.3 is 0 Å². The van der Waals surface area contributed by atoms with E-state index >= 15 is 0 Å². The predicted molar refractivity (Wildman–Crippen MR) is 130 cm³/mol. The lowest BCUT2D eigenvalue weighted by Crippen LogP contribution is -2.39. The Bertz CT molecular complexity index is 707. The van der Waals surface area contributed by atoms with E-state index in [9.17, 15) is 0 Å². The van der Waals surface area contributed by atoms with E-state index < -0.39 is 0 Å². The van der Waals surface area contributed by atoms with Gasteiger partial charge in [0.05, 0.1) is 13.2 Å². The number of guanidine groups is 1. The number of nitrogens with zero attached hydrogens (tertiary/aromatic N) is 2. The number of hydrogen-bond donors (Lipinski definition) is 2. The average molecular weight is 496 g/mol. The van der Waals surface area contributed by atoms with Gasteiger partial charge in [-0.25, -0.2) is 0 Å². The van der Waals surface area contributed by atoms with Crippen molar-refractivity contribution in [3.8, 4) is 0 Å². The fraction of sp³-hybridized carbons (Fsp3) is 0.409. The molecule has 0 saturated carbocycles. The summed E-state index contributed by atoms with van der Waals surface area (Å²) in [4.78, 5) is 6.41. The molecule has 0 spiro atoms. The Hall–Kier alpha value is -1.80. The molecule has 1 unspecified atom stereocenters. The Morgan fingerprint density at radius 1 is 1.04 bits per heavy atom. The summed E-state index contributed by atoms with van der Waals surface area (Å²) in [5.41, 5.74) is 3.62. The normalized spacial score (nSPS) is 12.1. The second-order valence-electron chi connectivity index (χ2n) is 6.98. The first-order chi connectivity index (χ1) is 13.1. The highest BCUT2D eigenvalue weighted by atomic mass is 127. The molecule has 0 bridgehead atoms. The molecule has 1 atom stereocenters. The van der Waals surface area contributed by atoms with E-state index in [-0.39, 0.29) is 24.0 Å². The Morgan fingerprint density at radius 3 is 2.43 bits per heavy atom. The fourth-order valence-corrected chi connectivity index (χ4v) is 2.63. The third-order valence-electron chi connectivity index (χ3n) is 4.24. The molecule has 0 aliphatic heterocycles. The Morgan fingerprint density at radius 2 is 1.75 bits per heavy atom. The molecule has 2 aromatic carbocycles. The smallest absolute Gasteiger partial charge is 0.191 e. The summed E-state index contributed by atoms with van der Waals surface area (Å²) in [6.45, 7) is 5.09. The number of benzene rings is 2. The fourth-order valence-electron chi connectivity index (χ4n) is 2.63. The molecular formula is C22H33IN4O. The van der Waals surface area contributed by atoms with Crippen molar-refractivity contribution < 1.29 is 4.74 Å². The standard InChI is InChI=1S/C22H32N4O.HI/c1-18(16-27-17-19-9-6-5-7-10-19)14-24-22(23-2)25-15-20-11-8-12-21(13-20)26(3)4;/h5-13,18H,14-17H2,1-4H3,(H2,23,24,25);1H. The zero-order valence-electron chi connectivity index (χ0n) is 17.3. The van der Waals surface area contributed by atoms with Gasteiger partial charge in [-0.2, -0.15) is 0 Å². The second-order valence-corrected chi connectivity index (χ2v) is 6.98. The first-order valence-corrected chi connectivity index (χ1v) is 9.41. The van der Waals surface area contributed by atoms with Crippen LogP contribution in [0.1, 0.15) is 18.1 Å². The van der Waals surface area contributed by atoms with Crippen LogP contribution in [0.5, 0.6) is 0 Å². The monoisotopic (exact) mass is 496 g/mol. The van der Waals surface area contributed by atoms with Crippen LogP contribution in [-0.2, 0) is 17.9 Å². The van der Waals surface area contributed by atoms with Crippen molar-refractivity contribution in [2.24, 2.45) is 10.9 Å². The lowest BCUT2D eigenvalue weighted by atomic mass is 10.2. The summed E-state index contributed by atoms with van der Waals surface area (Å²) in [6.07, 6.45) is 0. The Balaban J connectivity index is 0.00000392. The van der Waals surface area contributed by atoms with Crippen LogP contribution in [0.4, 0.5) is 5.69 Å². The van der Waals surface area contributed by atoms with Crippen LogP contribution >= 0.6 is 24.0 Å². The molecule has 0 amide bonds. The minimum atomic E-state index is 0. The topological polar surface area (TPSA) is 48.9 Å². The molecule has 0 radical (unpaired) electrons. The maximum atomic E-state index is 5.81. The van der Waals surface area contributed by atoms with Crippen LogP contribution in [0.3, 0.4) is 0 Å². The van der Waals surface area contributed by atoms with Gasteiger partial charge in [-0.3, -0.25) is 4.99 Å². The molecule has 0 aliphatic rings. The number of halogens is 1. The van der Waals surface area contributed by atoms with Gasteiger partial charge in [0.15, 0.2) is 5.96 Å². The summed E-state index contributed by atoms with van der Waals surface area (Å²) in [6, 6.07) is 18.7. The second kappa shape index (κ2) is 13.4. The number of hydrogen-bond acceptors (Lipinski definition) is 3. The minimum Gasteiger partial charge on any atom is -0.378 e. The van der Waals surface area contributed by atoms with Crippen LogP contribution in [0, 0.1) is 5.92 Å². The Labute approximate surface area is 186 Å². The van der Waals surface area contributed by atoms with E-state index in [2.05, 4.69) is 63.8 Å². The predicted octanol–water partition coefficient (Wildman–Crippen LogP) is 3.89. The first-order valence-electron chi connectivity index (χ1n) is 9.41. The minimum absolute atomic E-state index is 0. The summed E-state index contributed by atoms with van der Waals surface area (Å²) in [7, 11) is 5.89. The first kappa shape index (κ1) is 24.2. The number of aliphatic imine (C=N–C) groups is 1. The van der Waals surface area contributed by atoms with Gasteiger partial charge in [0.2, 0.25) is 0 Å². The van der Waals surface area contributed by atoms with Crippen LogP contribution < -0.4 is 15.5 Å². The van der Waals surface area contributed by atoms with E-state index in [0.717, 1.165) is 19.0 Å². The number of anilines is 1.